The summed E-state index contributed by atoms with van der Waals surface area (Å²) in [5, 5.41) is 14.2. The molecule has 1 fully saturated rings. The van der Waals surface area contributed by atoms with Crippen LogP contribution in [-0.4, -0.2) is 10.5 Å². The summed E-state index contributed by atoms with van der Waals surface area (Å²) in [5.74, 6) is 0. The lowest BCUT2D eigenvalue weighted by Gasteiger charge is -2.39. The molecule has 1 aromatic rings. The quantitative estimate of drug-likeness (QED) is 0.628. The van der Waals surface area contributed by atoms with Crippen molar-refractivity contribution >= 4 is 11.4 Å². The normalized spacial score (nSPS) is 17.6. The summed E-state index contributed by atoms with van der Waals surface area (Å²) < 4.78 is 0. The maximum Gasteiger partial charge on any atom is 0.292 e. The van der Waals surface area contributed by atoms with Gasteiger partial charge in [0.25, 0.3) is 5.69 Å². The number of nitrogens with zero attached hydrogens (tertiary/aromatic N) is 1. The molecule has 1 aliphatic rings. The van der Waals surface area contributed by atoms with E-state index in [1.54, 1.807) is 12.1 Å². The molecule has 1 N–H and O–H groups in total. The summed E-state index contributed by atoms with van der Waals surface area (Å²) >= 11 is 0. The fraction of sp³-hybridized carbons (Fsp3) is 0.500. The van der Waals surface area contributed by atoms with E-state index in [2.05, 4.69) is 12.2 Å². The Hall–Kier alpha value is -1.58. The third kappa shape index (κ3) is 2.01. The van der Waals surface area contributed by atoms with Crippen molar-refractivity contribution in [1.29, 1.82) is 0 Å². The Morgan fingerprint density at radius 3 is 2.62 bits per heavy atom. The molecule has 4 nitrogen and oxygen atoms in total. The van der Waals surface area contributed by atoms with Crippen LogP contribution in [0.1, 0.15) is 31.7 Å². The van der Waals surface area contributed by atoms with Gasteiger partial charge in [0.2, 0.25) is 0 Å². The summed E-state index contributed by atoms with van der Waals surface area (Å²) in [4.78, 5) is 10.6. The Balaban J connectivity index is 2.29. The predicted molar refractivity (Wildman–Crippen MR) is 63.7 cm³/mol. The molecule has 16 heavy (non-hydrogen) atoms. The van der Waals surface area contributed by atoms with E-state index in [0.29, 0.717) is 5.69 Å². The van der Waals surface area contributed by atoms with E-state index in [1.165, 1.54) is 6.42 Å². The number of nitrogens with one attached hydrogen (secondary N) is 1. The molecular formula is C12H16N2O2. The van der Waals surface area contributed by atoms with E-state index in [0.717, 1.165) is 18.4 Å². The maximum absolute atomic E-state index is 10.9. The van der Waals surface area contributed by atoms with Gasteiger partial charge in [0.05, 0.1) is 4.92 Å². The molecule has 1 aromatic carbocycles. The molecule has 0 spiro atoms. The highest BCUT2D eigenvalue weighted by Crippen LogP contribution is 2.37. The molecule has 0 amide bonds. The first-order valence-corrected chi connectivity index (χ1v) is 5.53. The molecule has 0 bridgehead atoms. The lowest BCUT2D eigenvalue weighted by Crippen LogP contribution is -2.41. The summed E-state index contributed by atoms with van der Waals surface area (Å²) in [6, 6.07) is 5.32. The summed E-state index contributed by atoms with van der Waals surface area (Å²) in [6.07, 6.45) is 3.36. The first-order valence-electron chi connectivity index (χ1n) is 5.53. The van der Waals surface area contributed by atoms with Crippen LogP contribution in [0.2, 0.25) is 0 Å². The topological polar surface area (TPSA) is 55.2 Å². The molecule has 86 valence electrons. The number of hydrogen-bond donors (Lipinski definition) is 1. The monoisotopic (exact) mass is 220 g/mol. The highest BCUT2D eigenvalue weighted by atomic mass is 16.6. The van der Waals surface area contributed by atoms with Crippen LogP contribution in [0.3, 0.4) is 0 Å². The number of hydrogen-bond acceptors (Lipinski definition) is 3. The highest BCUT2D eigenvalue weighted by Gasteiger charge is 2.33. The smallest absolute Gasteiger partial charge is 0.292 e. The fourth-order valence-electron chi connectivity index (χ4n) is 2.06. The van der Waals surface area contributed by atoms with E-state index >= 15 is 0 Å². The van der Waals surface area contributed by atoms with Gasteiger partial charge < -0.3 is 5.32 Å². The maximum atomic E-state index is 10.9. The van der Waals surface area contributed by atoms with Crippen LogP contribution >= 0.6 is 0 Å². The van der Waals surface area contributed by atoms with Gasteiger partial charge in [-0.3, -0.25) is 10.1 Å². The summed E-state index contributed by atoms with van der Waals surface area (Å²) in [6.45, 7) is 3.97. The van der Waals surface area contributed by atoms with E-state index in [1.807, 2.05) is 13.0 Å². The van der Waals surface area contributed by atoms with Crippen LogP contribution < -0.4 is 5.32 Å². The van der Waals surface area contributed by atoms with Gasteiger partial charge >= 0.3 is 0 Å². The summed E-state index contributed by atoms with van der Waals surface area (Å²) in [7, 11) is 0. The Bertz CT molecular complexity index is 425. The van der Waals surface area contributed by atoms with Crippen molar-refractivity contribution in [2.75, 3.05) is 5.32 Å². The first-order chi connectivity index (χ1) is 7.50. The van der Waals surface area contributed by atoms with E-state index in [9.17, 15) is 10.1 Å². The van der Waals surface area contributed by atoms with E-state index < -0.39 is 0 Å². The Kier molecular flexibility index (Phi) is 2.58. The number of benzene rings is 1. The van der Waals surface area contributed by atoms with Gasteiger partial charge in [0.15, 0.2) is 0 Å². The Labute approximate surface area is 94.8 Å². The van der Waals surface area contributed by atoms with Crippen molar-refractivity contribution in [2.24, 2.45) is 0 Å². The molecule has 2 rings (SSSR count). The lowest BCUT2D eigenvalue weighted by atomic mass is 9.78. The SMILES string of the molecule is Cc1ccc(NC2(C)CCC2)c([N+](=O)[O-])c1. The van der Waals surface area contributed by atoms with Crippen LogP contribution in [0.5, 0.6) is 0 Å². The minimum Gasteiger partial charge on any atom is -0.374 e. The minimum atomic E-state index is -0.322. The molecule has 4 heteroatoms. The lowest BCUT2D eigenvalue weighted by molar-refractivity contribution is -0.384. The Morgan fingerprint density at radius 2 is 2.12 bits per heavy atom. The number of nitro groups is 1. The molecular weight excluding hydrogens is 204 g/mol. The van der Waals surface area contributed by atoms with Gasteiger partial charge in [-0.05, 0) is 44.7 Å². The second-order valence-electron chi connectivity index (χ2n) is 4.82. The average molecular weight is 220 g/mol. The number of rotatable bonds is 3. The molecule has 0 aliphatic heterocycles. The van der Waals surface area contributed by atoms with Gasteiger partial charge in [-0.15, -0.1) is 0 Å². The van der Waals surface area contributed by atoms with Crippen molar-refractivity contribution in [3.05, 3.63) is 33.9 Å². The molecule has 0 heterocycles. The zero-order valence-corrected chi connectivity index (χ0v) is 9.62. The second-order valence-corrected chi connectivity index (χ2v) is 4.82. The predicted octanol–water partition coefficient (Wildman–Crippen LogP) is 3.26. The minimum absolute atomic E-state index is 0.0417. The van der Waals surface area contributed by atoms with Gasteiger partial charge in [-0.2, -0.15) is 0 Å². The second kappa shape index (κ2) is 3.77. The van der Waals surface area contributed by atoms with Crippen LogP contribution in [0.4, 0.5) is 11.4 Å². The third-order valence-electron chi connectivity index (χ3n) is 3.24. The van der Waals surface area contributed by atoms with Crippen LogP contribution in [0, 0.1) is 17.0 Å². The molecule has 0 saturated heterocycles. The van der Waals surface area contributed by atoms with Crippen molar-refractivity contribution in [2.45, 2.75) is 38.6 Å². The highest BCUT2D eigenvalue weighted by molar-refractivity contribution is 5.63. The standard InChI is InChI=1S/C12H16N2O2/c1-9-4-5-10(11(8-9)14(15)16)13-12(2)6-3-7-12/h4-5,8,13H,3,6-7H2,1-2H3. The molecule has 0 atom stereocenters. The van der Waals surface area contributed by atoms with Gasteiger partial charge in [0.1, 0.15) is 5.69 Å². The van der Waals surface area contributed by atoms with Gasteiger partial charge in [-0.1, -0.05) is 6.07 Å². The van der Waals surface area contributed by atoms with Crippen molar-refractivity contribution in [3.63, 3.8) is 0 Å². The van der Waals surface area contributed by atoms with Crippen LogP contribution in [0.15, 0.2) is 18.2 Å². The molecule has 1 aliphatic carbocycles. The molecule has 1 saturated carbocycles. The summed E-state index contributed by atoms with van der Waals surface area (Å²) in [5.41, 5.74) is 1.77. The van der Waals surface area contributed by atoms with Gasteiger partial charge in [0, 0.05) is 11.6 Å². The first kappa shape index (κ1) is 10.9. The van der Waals surface area contributed by atoms with Crippen LogP contribution in [-0.2, 0) is 0 Å². The van der Waals surface area contributed by atoms with Crippen molar-refractivity contribution in [3.8, 4) is 0 Å². The Morgan fingerprint density at radius 1 is 1.44 bits per heavy atom. The van der Waals surface area contributed by atoms with Gasteiger partial charge in [-0.25, -0.2) is 0 Å². The fourth-order valence-corrected chi connectivity index (χ4v) is 2.06. The molecule has 0 radical (unpaired) electrons. The zero-order chi connectivity index (χ0) is 11.8. The largest absolute Gasteiger partial charge is 0.374 e. The van der Waals surface area contributed by atoms with Crippen LogP contribution in [0.25, 0.3) is 0 Å². The zero-order valence-electron chi connectivity index (χ0n) is 9.62. The van der Waals surface area contributed by atoms with E-state index in [4.69, 9.17) is 0 Å². The average Bonchev–Trinajstić information content (AvgIpc) is 2.18. The van der Waals surface area contributed by atoms with E-state index in [-0.39, 0.29) is 16.1 Å². The number of aryl methyl sites for hydroxylation is 1. The number of anilines is 1. The van der Waals surface area contributed by atoms with Crippen molar-refractivity contribution in [1.82, 2.24) is 0 Å². The molecule has 0 unspecified atom stereocenters. The molecule has 0 aromatic heterocycles. The van der Waals surface area contributed by atoms with Crippen molar-refractivity contribution < 1.29 is 4.92 Å². The third-order valence-corrected chi connectivity index (χ3v) is 3.24. The number of nitro benzene ring substituents is 1.